The van der Waals surface area contributed by atoms with Crippen LogP contribution in [0.15, 0.2) is 18.2 Å². The van der Waals surface area contributed by atoms with Crippen molar-refractivity contribution in [3.63, 3.8) is 0 Å². The van der Waals surface area contributed by atoms with Gasteiger partial charge >= 0.3 is 12.3 Å². The number of esters is 1. The third kappa shape index (κ3) is 1.48. The summed E-state index contributed by atoms with van der Waals surface area (Å²) in [6.45, 7) is 0. The molecule has 1 heterocycles. The topological polar surface area (TPSA) is 44.8 Å². The maximum atomic E-state index is 11.1. The smallest absolute Gasteiger partial charge is 0.389 e. The highest BCUT2D eigenvalue weighted by molar-refractivity contribution is 6.30. The first-order valence-electron chi connectivity index (χ1n) is 3.91. The van der Waals surface area contributed by atoms with E-state index >= 15 is 0 Å². The van der Waals surface area contributed by atoms with Crippen LogP contribution in [0.3, 0.4) is 0 Å². The van der Waals surface area contributed by atoms with E-state index in [1.807, 2.05) is 0 Å². The van der Waals surface area contributed by atoms with Crippen molar-refractivity contribution in [2.24, 2.45) is 0 Å². The summed E-state index contributed by atoms with van der Waals surface area (Å²) in [6, 6.07) is 4.88. The van der Waals surface area contributed by atoms with Crippen molar-refractivity contribution in [2.45, 2.75) is 6.29 Å². The van der Waals surface area contributed by atoms with Gasteiger partial charge in [0, 0.05) is 11.1 Å². The van der Waals surface area contributed by atoms with Gasteiger partial charge in [-0.3, -0.25) is 0 Å². The number of carbonyl (C=O) groups excluding carboxylic acids is 1. The van der Waals surface area contributed by atoms with E-state index in [2.05, 4.69) is 4.74 Å². The zero-order chi connectivity index (χ0) is 10.1. The second kappa shape index (κ2) is 3.38. The average molecular weight is 215 g/mol. The van der Waals surface area contributed by atoms with Gasteiger partial charge in [-0.15, -0.1) is 0 Å². The second-order valence-corrected chi connectivity index (χ2v) is 3.12. The Bertz CT molecular complexity index is 377. The number of methoxy groups -OCH3 is 1. The Morgan fingerprint density at radius 1 is 1.43 bits per heavy atom. The standard InChI is InChI=1S/C9H7ClO4/c1-12-8(11)9-13-6-3-2-5(10)4-7(6)14-9/h2-4,9H,1H3. The van der Waals surface area contributed by atoms with E-state index in [1.54, 1.807) is 18.2 Å². The highest BCUT2D eigenvalue weighted by Crippen LogP contribution is 2.36. The third-order valence-corrected chi connectivity index (χ3v) is 2.00. The van der Waals surface area contributed by atoms with Gasteiger partial charge in [-0.25, -0.2) is 4.79 Å². The summed E-state index contributed by atoms with van der Waals surface area (Å²) in [7, 11) is 1.27. The van der Waals surface area contributed by atoms with Crippen LogP contribution in [0, 0.1) is 0 Å². The first kappa shape index (κ1) is 9.15. The molecule has 1 atom stereocenters. The van der Waals surface area contributed by atoms with E-state index in [1.165, 1.54) is 7.11 Å². The molecule has 14 heavy (non-hydrogen) atoms. The molecule has 2 rings (SSSR count). The first-order valence-corrected chi connectivity index (χ1v) is 4.29. The molecule has 0 saturated carbocycles. The van der Waals surface area contributed by atoms with Crippen LogP contribution >= 0.6 is 11.6 Å². The molecule has 0 N–H and O–H groups in total. The van der Waals surface area contributed by atoms with Gasteiger partial charge in [0.25, 0.3) is 0 Å². The highest BCUT2D eigenvalue weighted by atomic mass is 35.5. The zero-order valence-electron chi connectivity index (χ0n) is 7.32. The maximum absolute atomic E-state index is 11.1. The quantitative estimate of drug-likeness (QED) is 0.667. The molecule has 0 amide bonds. The number of fused-ring (bicyclic) bond motifs is 1. The molecule has 1 unspecified atom stereocenters. The van der Waals surface area contributed by atoms with Crippen LogP contribution < -0.4 is 9.47 Å². The molecule has 4 nitrogen and oxygen atoms in total. The summed E-state index contributed by atoms with van der Waals surface area (Å²) >= 11 is 5.73. The van der Waals surface area contributed by atoms with Crippen molar-refractivity contribution in [1.82, 2.24) is 0 Å². The minimum Gasteiger partial charge on any atom is -0.463 e. The van der Waals surface area contributed by atoms with Crippen LogP contribution in [0.1, 0.15) is 0 Å². The van der Waals surface area contributed by atoms with Crippen molar-refractivity contribution < 1.29 is 19.0 Å². The lowest BCUT2D eigenvalue weighted by Gasteiger charge is -2.05. The normalized spacial score (nSPS) is 18.0. The predicted molar refractivity (Wildman–Crippen MR) is 48.5 cm³/mol. The summed E-state index contributed by atoms with van der Waals surface area (Å²) in [5, 5.41) is 0.526. The largest absolute Gasteiger partial charge is 0.463 e. The van der Waals surface area contributed by atoms with Gasteiger partial charge < -0.3 is 14.2 Å². The maximum Gasteiger partial charge on any atom is 0.389 e. The minimum absolute atomic E-state index is 0.452. The van der Waals surface area contributed by atoms with Gasteiger partial charge in [0.1, 0.15) is 0 Å². The van der Waals surface area contributed by atoms with Crippen LogP contribution in [0.25, 0.3) is 0 Å². The van der Waals surface area contributed by atoms with E-state index in [0.29, 0.717) is 16.5 Å². The molecule has 0 spiro atoms. The molecule has 1 aliphatic rings. The van der Waals surface area contributed by atoms with Gasteiger partial charge in [-0.2, -0.15) is 0 Å². The molecule has 1 aromatic rings. The van der Waals surface area contributed by atoms with E-state index in [9.17, 15) is 4.79 Å². The number of halogens is 1. The number of hydrogen-bond acceptors (Lipinski definition) is 4. The Morgan fingerprint density at radius 3 is 2.86 bits per heavy atom. The number of carbonyl (C=O) groups is 1. The third-order valence-electron chi connectivity index (χ3n) is 1.77. The Hall–Kier alpha value is -1.42. The van der Waals surface area contributed by atoms with Gasteiger partial charge in [0.2, 0.25) is 0 Å². The van der Waals surface area contributed by atoms with Crippen LogP contribution in [0.5, 0.6) is 11.5 Å². The highest BCUT2D eigenvalue weighted by Gasteiger charge is 2.31. The lowest BCUT2D eigenvalue weighted by atomic mass is 10.3. The fraction of sp³-hybridized carbons (Fsp3) is 0.222. The molecule has 1 aromatic carbocycles. The Kier molecular flexibility index (Phi) is 2.21. The molecule has 0 fully saturated rings. The summed E-state index contributed by atoms with van der Waals surface area (Å²) in [6.07, 6.45) is -1.02. The van der Waals surface area contributed by atoms with E-state index in [4.69, 9.17) is 21.1 Å². The SMILES string of the molecule is COC(=O)C1Oc2ccc(Cl)cc2O1. The number of benzene rings is 1. The van der Waals surface area contributed by atoms with Gasteiger partial charge in [0.05, 0.1) is 7.11 Å². The van der Waals surface area contributed by atoms with Gasteiger partial charge in [-0.05, 0) is 12.1 Å². The molecule has 0 saturated heterocycles. The number of ether oxygens (including phenoxy) is 3. The van der Waals surface area contributed by atoms with E-state index in [0.717, 1.165) is 0 Å². The van der Waals surface area contributed by atoms with Crippen molar-refractivity contribution in [3.05, 3.63) is 23.2 Å². The molecule has 5 heteroatoms. The van der Waals surface area contributed by atoms with Crippen molar-refractivity contribution >= 4 is 17.6 Å². The van der Waals surface area contributed by atoms with Crippen molar-refractivity contribution in [1.29, 1.82) is 0 Å². The fourth-order valence-electron chi connectivity index (χ4n) is 1.12. The first-order chi connectivity index (χ1) is 6.70. The predicted octanol–water partition coefficient (Wildman–Crippen LogP) is 1.61. The van der Waals surface area contributed by atoms with E-state index < -0.39 is 12.3 Å². The Morgan fingerprint density at radius 2 is 2.14 bits per heavy atom. The van der Waals surface area contributed by atoms with Gasteiger partial charge in [0.15, 0.2) is 11.5 Å². The van der Waals surface area contributed by atoms with Crippen LogP contribution in [0.4, 0.5) is 0 Å². The molecule has 0 radical (unpaired) electrons. The fourth-order valence-corrected chi connectivity index (χ4v) is 1.28. The number of hydrogen-bond donors (Lipinski definition) is 0. The average Bonchev–Trinajstić information content (AvgIpc) is 2.59. The lowest BCUT2D eigenvalue weighted by molar-refractivity contribution is -0.158. The summed E-state index contributed by atoms with van der Waals surface area (Å²) in [5.41, 5.74) is 0. The minimum atomic E-state index is -1.02. The monoisotopic (exact) mass is 214 g/mol. The second-order valence-electron chi connectivity index (χ2n) is 2.68. The van der Waals surface area contributed by atoms with E-state index in [-0.39, 0.29) is 0 Å². The molecule has 0 aromatic heterocycles. The Balaban J connectivity index is 2.22. The number of rotatable bonds is 1. The van der Waals surface area contributed by atoms with Crippen molar-refractivity contribution in [2.75, 3.05) is 7.11 Å². The molecular weight excluding hydrogens is 208 g/mol. The molecular formula is C9H7ClO4. The summed E-state index contributed by atoms with van der Waals surface area (Å²) in [4.78, 5) is 11.1. The van der Waals surface area contributed by atoms with Crippen LogP contribution in [-0.4, -0.2) is 19.4 Å². The molecule has 0 aliphatic carbocycles. The summed E-state index contributed by atoms with van der Waals surface area (Å²) in [5.74, 6) is 0.370. The van der Waals surface area contributed by atoms with Crippen molar-refractivity contribution in [3.8, 4) is 11.5 Å². The summed E-state index contributed by atoms with van der Waals surface area (Å²) < 4.78 is 14.8. The van der Waals surface area contributed by atoms with Crippen LogP contribution in [0.2, 0.25) is 5.02 Å². The Labute approximate surface area is 85.3 Å². The molecule has 74 valence electrons. The molecule has 0 bridgehead atoms. The lowest BCUT2D eigenvalue weighted by Crippen LogP contribution is -2.30. The zero-order valence-corrected chi connectivity index (χ0v) is 8.08. The van der Waals surface area contributed by atoms with Gasteiger partial charge in [-0.1, -0.05) is 11.6 Å². The molecule has 1 aliphatic heterocycles. The van der Waals surface area contributed by atoms with Crippen LogP contribution in [-0.2, 0) is 9.53 Å².